The molecule has 1 fully saturated rings. The number of likely N-dealkylation sites (N-methyl/N-ethyl adjacent to an activating group) is 1. The minimum atomic E-state index is 0. The monoisotopic (exact) mass is 441 g/mol. The van der Waals surface area contributed by atoms with Crippen LogP contribution < -0.4 is 4.90 Å². The Morgan fingerprint density at radius 1 is 1.00 bits per heavy atom. The lowest BCUT2D eigenvalue weighted by molar-refractivity contribution is 0.312. The second-order valence-corrected chi connectivity index (χ2v) is 8.35. The maximum Gasteiger partial charge on any atom is 0.180 e. The zero-order valence-corrected chi connectivity index (χ0v) is 18.4. The van der Waals surface area contributed by atoms with Crippen molar-refractivity contribution < 1.29 is 0 Å². The first-order valence-corrected chi connectivity index (χ1v) is 10.8. The van der Waals surface area contributed by atoms with Crippen LogP contribution in [-0.4, -0.2) is 62.5 Å². The Morgan fingerprint density at radius 3 is 2.67 bits per heavy atom. The quantitative estimate of drug-likeness (QED) is 0.474. The summed E-state index contributed by atoms with van der Waals surface area (Å²) in [5.41, 5.74) is 2.74. The molecule has 30 heavy (non-hydrogen) atoms. The molecular formula is C21H24ClN7S. The molecule has 0 bridgehead atoms. The van der Waals surface area contributed by atoms with E-state index in [-0.39, 0.29) is 12.4 Å². The molecule has 9 heteroatoms. The highest BCUT2D eigenvalue weighted by molar-refractivity contribution is 7.09. The molecule has 4 aromatic heterocycles. The fraction of sp³-hybridized carbons (Fsp3) is 0.333. The van der Waals surface area contributed by atoms with Crippen molar-refractivity contribution in [3.63, 3.8) is 0 Å². The number of rotatable bonds is 5. The number of halogens is 1. The van der Waals surface area contributed by atoms with Gasteiger partial charge >= 0.3 is 0 Å². The maximum atomic E-state index is 4.81. The molecule has 0 saturated carbocycles. The molecule has 1 aliphatic rings. The Balaban J connectivity index is 0.00000218. The zero-order valence-electron chi connectivity index (χ0n) is 16.8. The first kappa shape index (κ1) is 20.7. The molecule has 0 spiro atoms. The van der Waals surface area contributed by atoms with Gasteiger partial charge in [0.25, 0.3) is 0 Å². The predicted octanol–water partition coefficient (Wildman–Crippen LogP) is 3.21. The van der Waals surface area contributed by atoms with Crippen molar-refractivity contribution in [1.82, 2.24) is 29.2 Å². The van der Waals surface area contributed by atoms with E-state index in [9.17, 15) is 0 Å². The van der Waals surface area contributed by atoms with Gasteiger partial charge in [0.1, 0.15) is 5.82 Å². The van der Waals surface area contributed by atoms with Crippen LogP contribution in [0.25, 0.3) is 17.0 Å². The third kappa shape index (κ3) is 4.16. The van der Waals surface area contributed by atoms with Crippen LogP contribution in [0.15, 0.2) is 48.4 Å². The number of thiophene rings is 1. The molecule has 0 aliphatic carbocycles. The molecule has 5 heterocycles. The fourth-order valence-electron chi connectivity index (χ4n) is 3.69. The highest BCUT2D eigenvalue weighted by atomic mass is 35.5. The largest absolute Gasteiger partial charge is 0.351 e. The minimum Gasteiger partial charge on any atom is -0.351 e. The van der Waals surface area contributed by atoms with Crippen molar-refractivity contribution >= 4 is 35.2 Å². The summed E-state index contributed by atoms with van der Waals surface area (Å²) in [4.78, 5) is 24.6. The van der Waals surface area contributed by atoms with Crippen molar-refractivity contribution in [2.45, 2.75) is 12.8 Å². The summed E-state index contributed by atoms with van der Waals surface area (Å²) in [5, 5.41) is 2.11. The van der Waals surface area contributed by atoms with Crippen LogP contribution in [0.3, 0.4) is 0 Å². The third-order valence-electron chi connectivity index (χ3n) is 5.36. The van der Waals surface area contributed by atoms with Crippen LogP contribution in [0.1, 0.15) is 10.7 Å². The molecule has 0 amide bonds. The number of imidazole rings is 1. The van der Waals surface area contributed by atoms with E-state index in [4.69, 9.17) is 9.97 Å². The van der Waals surface area contributed by atoms with E-state index in [2.05, 4.69) is 48.7 Å². The molecule has 7 nitrogen and oxygen atoms in total. The number of hydrogen-bond donors (Lipinski definition) is 0. The van der Waals surface area contributed by atoms with Crippen molar-refractivity contribution in [2.75, 3.05) is 38.1 Å². The number of aryl methyl sites for hydroxylation is 2. The molecule has 156 valence electrons. The van der Waals surface area contributed by atoms with Gasteiger partial charge in [-0.15, -0.1) is 23.7 Å². The van der Waals surface area contributed by atoms with Gasteiger partial charge < -0.3 is 9.80 Å². The molecular weight excluding hydrogens is 418 g/mol. The lowest BCUT2D eigenvalue weighted by Crippen LogP contribution is -2.45. The summed E-state index contributed by atoms with van der Waals surface area (Å²) in [7, 11) is 2.16. The summed E-state index contributed by atoms with van der Waals surface area (Å²) in [5.74, 6) is 1.80. The lowest BCUT2D eigenvalue weighted by atomic mass is 10.2. The van der Waals surface area contributed by atoms with Gasteiger partial charge in [0.15, 0.2) is 11.5 Å². The van der Waals surface area contributed by atoms with Crippen molar-refractivity contribution in [3.05, 3.63) is 59.1 Å². The standard InChI is InChI=1S/C21H23N7S.ClH/c1-26-10-12-27(13-11-26)20-21-24-15-18(28(21)9-8-23-20)17-6-7-22-19(25-17)5-4-16-3-2-14-29-16;/h2-3,6-9,14-15H,4-5,10-13H2,1H3;1H. The molecule has 1 saturated heterocycles. The van der Waals surface area contributed by atoms with Crippen molar-refractivity contribution in [3.8, 4) is 11.4 Å². The van der Waals surface area contributed by atoms with Gasteiger partial charge in [-0.2, -0.15) is 0 Å². The molecule has 0 radical (unpaired) electrons. The number of aromatic nitrogens is 5. The predicted molar refractivity (Wildman–Crippen MR) is 123 cm³/mol. The van der Waals surface area contributed by atoms with E-state index in [1.165, 1.54) is 4.88 Å². The zero-order chi connectivity index (χ0) is 19.6. The number of hydrogen-bond acceptors (Lipinski definition) is 7. The summed E-state index contributed by atoms with van der Waals surface area (Å²) >= 11 is 1.78. The van der Waals surface area contributed by atoms with E-state index < -0.39 is 0 Å². The second-order valence-electron chi connectivity index (χ2n) is 7.32. The minimum absolute atomic E-state index is 0. The summed E-state index contributed by atoms with van der Waals surface area (Å²) in [6.07, 6.45) is 9.34. The van der Waals surface area contributed by atoms with Gasteiger partial charge in [0, 0.05) is 56.1 Å². The molecule has 4 aromatic rings. The van der Waals surface area contributed by atoms with Gasteiger partial charge in [-0.1, -0.05) is 6.07 Å². The van der Waals surface area contributed by atoms with Crippen LogP contribution in [-0.2, 0) is 12.8 Å². The smallest absolute Gasteiger partial charge is 0.180 e. The van der Waals surface area contributed by atoms with Crippen LogP contribution in [0, 0.1) is 0 Å². The normalized spacial score (nSPS) is 14.8. The first-order chi connectivity index (χ1) is 14.3. The topological polar surface area (TPSA) is 62.5 Å². The third-order valence-corrected chi connectivity index (χ3v) is 6.29. The average molecular weight is 442 g/mol. The first-order valence-electron chi connectivity index (χ1n) is 9.88. The molecule has 0 unspecified atom stereocenters. The van der Waals surface area contributed by atoms with Crippen LogP contribution >= 0.6 is 23.7 Å². The van der Waals surface area contributed by atoms with Crippen LogP contribution in [0.4, 0.5) is 5.82 Å². The van der Waals surface area contributed by atoms with E-state index in [1.807, 2.05) is 30.9 Å². The average Bonchev–Trinajstić information content (AvgIpc) is 3.43. The second kappa shape index (κ2) is 9.07. The van der Waals surface area contributed by atoms with Gasteiger partial charge in [0.05, 0.1) is 17.6 Å². The Morgan fingerprint density at radius 2 is 1.87 bits per heavy atom. The molecule has 1 aliphatic heterocycles. The van der Waals surface area contributed by atoms with E-state index in [0.29, 0.717) is 0 Å². The Bertz CT molecular complexity index is 1100. The number of fused-ring (bicyclic) bond motifs is 1. The maximum absolute atomic E-state index is 4.81. The van der Waals surface area contributed by atoms with E-state index >= 15 is 0 Å². The lowest BCUT2D eigenvalue weighted by Gasteiger charge is -2.33. The van der Waals surface area contributed by atoms with Crippen LogP contribution in [0.5, 0.6) is 0 Å². The van der Waals surface area contributed by atoms with E-state index in [0.717, 1.165) is 67.7 Å². The van der Waals surface area contributed by atoms with Crippen LogP contribution in [0.2, 0.25) is 0 Å². The van der Waals surface area contributed by atoms with Crippen molar-refractivity contribution in [1.29, 1.82) is 0 Å². The number of piperazine rings is 1. The summed E-state index contributed by atoms with van der Waals surface area (Å²) in [6, 6.07) is 6.20. The highest BCUT2D eigenvalue weighted by Gasteiger charge is 2.20. The molecule has 0 atom stereocenters. The molecule has 0 N–H and O–H groups in total. The highest BCUT2D eigenvalue weighted by Crippen LogP contribution is 2.25. The number of anilines is 1. The summed E-state index contributed by atoms with van der Waals surface area (Å²) < 4.78 is 2.09. The molecule has 5 rings (SSSR count). The SMILES string of the molecule is CN1CCN(c2nccn3c(-c4ccnc(CCc5cccs5)n4)cnc23)CC1.Cl. The van der Waals surface area contributed by atoms with Gasteiger partial charge in [-0.3, -0.25) is 4.40 Å². The Kier molecular flexibility index (Phi) is 6.26. The van der Waals surface area contributed by atoms with Gasteiger partial charge in [0.2, 0.25) is 0 Å². The Labute approximate surface area is 185 Å². The fourth-order valence-corrected chi connectivity index (χ4v) is 4.40. The Hall–Kier alpha value is -2.55. The molecule has 0 aromatic carbocycles. The van der Waals surface area contributed by atoms with Gasteiger partial charge in [-0.05, 0) is 31.0 Å². The van der Waals surface area contributed by atoms with E-state index in [1.54, 1.807) is 11.3 Å². The van der Waals surface area contributed by atoms with Gasteiger partial charge in [-0.25, -0.2) is 19.9 Å². The number of nitrogens with zero attached hydrogens (tertiary/aromatic N) is 7. The van der Waals surface area contributed by atoms with Crippen molar-refractivity contribution in [2.24, 2.45) is 0 Å². The summed E-state index contributed by atoms with van der Waals surface area (Å²) in [6.45, 7) is 4.00.